The second-order valence-electron chi connectivity index (χ2n) is 5.53. The summed E-state index contributed by atoms with van der Waals surface area (Å²) in [4.78, 5) is 2.94. The molecule has 0 aliphatic heterocycles. The average molecular weight is 388 g/mol. The third kappa shape index (κ3) is 3.52. The Morgan fingerprint density at radius 2 is 2.05 bits per heavy atom. The lowest BCUT2D eigenvalue weighted by Crippen LogP contribution is -1.97. The van der Waals surface area contributed by atoms with Crippen LogP contribution in [0.3, 0.4) is 0 Å². The van der Waals surface area contributed by atoms with E-state index in [1.807, 2.05) is 11.3 Å². The van der Waals surface area contributed by atoms with Crippen molar-refractivity contribution >= 4 is 38.9 Å². The molecule has 3 rings (SSSR count). The molecule has 0 bridgehead atoms. The van der Waals surface area contributed by atoms with Crippen LogP contribution < -0.4 is 0 Å². The monoisotopic (exact) mass is 386 g/mol. The summed E-state index contributed by atoms with van der Waals surface area (Å²) in [5.41, 5.74) is 2.10. The molecule has 0 saturated carbocycles. The number of hydrogen-bond acceptors (Lipinski definition) is 1. The fourth-order valence-electron chi connectivity index (χ4n) is 2.85. The van der Waals surface area contributed by atoms with Crippen LogP contribution in [-0.2, 0) is 19.3 Å². The van der Waals surface area contributed by atoms with Gasteiger partial charge in [-0.3, -0.25) is 0 Å². The van der Waals surface area contributed by atoms with Crippen LogP contribution in [-0.4, -0.2) is 0 Å². The van der Waals surface area contributed by atoms with Gasteiger partial charge in [-0.15, -0.1) is 11.3 Å². The standard InChI is InChI=1S/C17H17BrClFS/c18-13(10-12-14(19)6-4-7-15(12)20)17-9-11-5-2-1-3-8-16(11)21-17/h4,6-7,9,13H,1-3,5,8,10H2. The van der Waals surface area contributed by atoms with E-state index >= 15 is 0 Å². The maximum atomic E-state index is 13.9. The summed E-state index contributed by atoms with van der Waals surface area (Å²) in [6, 6.07) is 7.19. The zero-order chi connectivity index (χ0) is 14.8. The van der Waals surface area contributed by atoms with E-state index in [-0.39, 0.29) is 10.6 Å². The number of rotatable bonds is 3. The third-order valence-corrected chi connectivity index (χ3v) is 6.84. The first-order valence-electron chi connectivity index (χ1n) is 7.33. The molecule has 0 saturated heterocycles. The summed E-state index contributed by atoms with van der Waals surface area (Å²) in [5.74, 6) is -0.218. The second-order valence-corrected chi connectivity index (χ2v) is 8.21. The van der Waals surface area contributed by atoms with E-state index in [4.69, 9.17) is 11.6 Å². The van der Waals surface area contributed by atoms with E-state index in [1.54, 1.807) is 12.1 Å². The van der Waals surface area contributed by atoms with Crippen molar-refractivity contribution in [2.24, 2.45) is 0 Å². The van der Waals surface area contributed by atoms with Gasteiger partial charge in [0.05, 0.1) is 4.83 Å². The minimum Gasteiger partial charge on any atom is -0.207 e. The van der Waals surface area contributed by atoms with Crippen molar-refractivity contribution < 1.29 is 4.39 Å². The Labute approximate surface area is 142 Å². The molecule has 1 aromatic heterocycles. The van der Waals surface area contributed by atoms with Gasteiger partial charge in [-0.25, -0.2) is 4.39 Å². The highest BCUT2D eigenvalue weighted by atomic mass is 79.9. The smallest absolute Gasteiger partial charge is 0.127 e. The van der Waals surface area contributed by atoms with Gasteiger partial charge >= 0.3 is 0 Å². The number of halogens is 3. The van der Waals surface area contributed by atoms with Gasteiger partial charge in [-0.2, -0.15) is 0 Å². The summed E-state index contributed by atoms with van der Waals surface area (Å²) in [6.45, 7) is 0. The second kappa shape index (κ2) is 6.80. The number of fused-ring (bicyclic) bond motifs is 1. The molecule has 21 heavy (non-hydrogen) atoms. The molecule has 1 unspecified atom stereocenters. The van der Waals surface area contributed by atoms with E-state index in [1.165, 1.54) is 53.5 Å². The van der Waals surface area contributed by atoms with Crippen LogP contribution in [0, 0.1) is 5.82 Å². The van der Waals surface area contributed by atoms with Crippen LogP contribution in [0.5, 0.6) is 0 Å². The lowest BCUT2D eigenvalue weighted by Gasteiger charge is -2.10. The molecule has 0 amide bonds. The molecular formula is C17H17BrClFS. The Morgan fingerprint density at radius 3 is 2.86 bits per heavy atom. The highest BCUT2D eigenvalue weighted by molar-refractivity contribution is 9.09. The average Bonchev–Trinajstić information content (AvgIpc) is 2.74. The summed E-state index contributed by atoms with van der Waals surface area (Å²) < 4.78 is 13.9. The Kier molecular flexibility index (Phi) is 5.03. The molecule has 0 radical (unpaired) electrons. The quantitative estimate of drug-likeness (QED) is 0.417. The zero-order valence-corrected chi connectivity index (χ0v) is 14.8. The summed E-state index contributed by atoms with van der Waals surface area (Å²) in [7, 11) is 0. The Balaban J connectivity index is 1.81. The Hall–Kier alpha value is -0.380. The predicted molar refractivity (Wildman–Crippen MR) is 92.4 cm³/mol. The van der Waals surface area contributed by atoms with Crippen molar-refractivity contribution in [1.82, 2.24) is 0 Å². The Bertz CT molecular complexity index is 594. The molecule has 0 N–H and O–H groups in total. The van der Waals surface area contributed by atoms with Gasteiger partial charge in [0.25, 0.3) is 0 Å². The first-order chi connectivity index (χ1) is 10.1. The lowest BCUT2D eigenvalue weighted by molar-refractivity contribution is 0.609. The molecule has 1 atom stereocenters. The van der Waals surface area contributed by atoms with Gasteiger partial charge < -0.3 is 0 Å². The van der Waals surface area contributed by atoms with Gasteiger partial charge in [-0.05, 0) is 55.9 Å². The van der Waals surface area contributed by atoms with Gasteiger partial charge in [0.1, 0.15) is 5.82 Å². The largest absolute Gasteiger partial charge is 0.207 e. The minimum absolute atomic E-state index is 0.129. The number of aryl methyl sites for hydroxylation is 2. The SMILES string of the molecule is Fc1cccc(Cl)c1CC(Br)c1cc2c(s1)CCCCC2. The summed E-state index contributed by atoms with van der Waals surface area (Å²) >= 11 is 11.7. The molecule has 2 aromatic rings. The van der Waals surface area contributed by atoms with E-state index < -0.39 is 0 Å². The highest BCUT2D eigenvalue weighted by Gasteiger charge is 2.19. The van der Waals surface area contributed by atoms with Crippen molar-refractivity contribution in [2.75, 3.05) is 0 Å². The summed E-state index contributed by atoms with van der Waals surface area (Å²) in [5, 5.41) is 0.512. The molecular weight excluding hydrogens is 371 g/mol. The maximum Gasteiger partial charge on any atom is 0.127 e. The number of alkyl halides is 1. The molecule has 1 aliphatic rings. The Morgan fingerprint density at radius 1 is 1.24 bits per heavy atom. The topological polar surface area (TPSA) is 0 Å². The van der Waals surface area contributed by atoms with Gasteiger partial charge in [0.15, 0.2) is 0 Å². The predicted octanol–water partition coefficient (Wildman–Crippen LogP) is 6.49. The van der Waals surface area contributed by atoms with Crippen LogP contribution in [0.2, 0.25) is 5.02 Å². The van der Waals surface area contributed by atoms with Crippen LogP contribution in [0.1, 0.15) is 45.0 Å². The number of hydrogen-bond donors (Lipinski definition) is 0. The minimum atomic E-state index is -0.218. The molecule has 112 valence electrons. The van der Waals surface area contributed by atoms with Crippen LogP contribution in [0.15, 0.2) is 24.3 Å². The fraction of sp³-hybridized carbons (Fsp3) is 0.412. The normalized spacial score (nSPS) is 16.3. The molecule has 4 heteroatoms. The van der Waals surface area contributed by atoms with Crippen LogP contribution in [0.4, 0.5) is 4.39 Å². The maximum absolute atomic E-state index is 13.9. The van der Waals surface area contributed by atoms with Gasteiger partial charge in [-0.1, -0.05) is 40.0 Å². The molecule has 1 aliphatic carbocycles. The first-order valence-corrected chi connectivity index (χ1v) is 9.44. The van der Waals surface area contributed by atoms with E-state index in [0.717, 1.165) is 0 Å². The van der Waals surface area contributed by atoms with Crippen molar-refractivity contribution in [2.45, 2.75) is 43.4 Å². The third-order valence-electron chi connectivity index (χ3n) is 4.02. The molecule has 0 nitrogen and oxygen atoms in total. The van der Waals surface area contributed by atoms with Crippen molar-refractivity contribution in [3.05, 3.63) is 56.0 Å². The first kappa shape index (κ1) is 15.5. The summed E-state index contributed by atoms with van der Waals surface area (Å²) in [6.07, 6.45) is 6.88. The van der Waals surface area contributed by atoms with Crippen molar-refractivity contribution in [3.63, 3.8) is 0 Å². The van der Waals surface area contributed by atoms with Crippen molar-refractivity contribution in [3.8, 4) is 0 Å². The molecule has 1 heterocycles. The molecule has 0 spiro atoms. The van der Waals surface area contributed by atoms with Gasteiger partial charge in [0.2, 0.25) is 0 Å². The zero-order valence-electron chi connectivity index (χ0n) is 11.7. The fourth-order valence-corrected chi connectivity index (χ4v) is 5.06. The molecule has 1 aromatic carbocycles. The van der Waals surface area contributed by atoms with E-state index in [2.05, 4.69) is 22.0 Å². The number of benzene rings is 1. The van der Waals surface area contributed by atoms with Crippen LogP contribution >= 0.6 is 38.9 Å². The molecule has 0 fully saturated rings. The highest BCUT2D eigenvalue weighted by Crippen LogP contribution is 2.38. The van der Waals surface area contributed by atoms with Crippen molar-refractivity contribution in [1.29, 1.82) is 0 Å². The lowest BCUT2D eigenvalue weighted by atomic mass is 10.1. The van der Waals surface area contributed by atoms with E-state index in [9.17, 15) is 4.39 Å². The van der Waals surface area contributed by atoms with E-state index in [0.29, 0.717) is 17.0 Å². The van der Waals surface area contributed by atoms with Gasteiger partial charge in [0, 0.05) is 20.3 Å². The number of thiophene rings is 1. The van der Waals surface area contributed by atoms with Crippen LogP contribution in [0.25, 0.3) is 0 Å².